The van der Waals surface area contributed by atoms with Gasteiger partial charge in [-0.05, 0) is 42.0 Å². The van der Waals surface area contributed by atoms with E-state index in [-0.39, 0.29) is 29.4 Å². The van der Waals surface area contributed by atoms with Crippen molar-refractivity contribution in [3.05, 3.63) is 58.1 Å². The number of likely N-dealkylation sites (N-methyl/N-ethyl adjacent to an activating group) is 1. The van der Waals surface area contributed by atoms with Gasteiger partial charge in [0, 0.05) is 29.0 Å². The number of ketones is 1. The van der Waals surface area contributed by atoms with Crippen molar-refractivity contribution >= 4 is 40.6 Å². The van der Waals surface area contributed by atoms with Crippen LogP contribution in [0.2, 0.25) is 5.02 Å². The van der Waals surface area contributed by atoms with Crippen LogP contribution in [0.1, 0.15) is 26.3 Å². The van der Waals surface area contributed by atoms with E-state index in [4.69, 9.17) is 22.1 Å². The number of hydrogen-bond donors (Lipinski definition) is 1. The Bertz CT molecular complexity index is 895. The fourth-order valence-corrected chi connectivity index (χ4v) is 2.84. The first-order valence-corrected chi connectivity index (χ1v) is 7.89. The molecule has 2 aromatic carbocycles. The van der Waals surface area contributed by atoms with Crippen molar-refractivity contribution in [2.45, 2.75) is 6.42 Å². The van der Waals surface area contributed by atoms with E-state index in [0.717, 1.165) is 11.3 Å². The van der Waals surface area contributed by atoms with Gasteiger partial charge in [0.15, 0.2) is 12.4 Å². The molecule has 2 N–H and O–H groups in total. The number of esters is 1. The molecule has 0 fully saturated rings. The van der Waals surface area contributed by atoms with Gasteiger partial charge in [-0.2, -0.15) is 0 Å². The van der Waals surface area contributed by atoms with E-state index in [1.165, 1.54) is 18.2 Å². The van der Waals surface area contributed by atoms with E-state index in [1.54, 1.807) is 30.1 Å². The van der Waals surface area contributed by atoms with Gasteiger partial charge in [0.2, 0.25) is 5.91 Å². The van der Waals surface area contributed by atoms with Crippen LogP contribution >= 0.6 is 11.6 Å². The minimum Gasteiger partial charge on any atom is -0.454 e. The summed E-state index contributed by atoms with van der Waals surface area (Å²) in [5, 5.41) is 0.405. The van der Waals surface area contributed by atoms with Crippen molar-refractivity contribution in [1.29, 1.82) is 0 Å². The Labute approximate surface area is 149 Å². The van der Waals surface area contributed by atoms with Crippen molar-refractivity contribution in [3.63, 3.8) is 0 Å². The number of fused-ring (bicyclic) bond motifs is 1. The minimum atomic E-state index is -0.696. The zero-order chi connectivity index (χ0) is 18.1. The average Bonchev–Trinajstić information content (AvgIpc) is 2.86. The smallest absolute Gasteiger partial charge is 0.340 e. The molecule has 0 saturated carbocycles. The van der Waals surface area contributed by atoms with Gasteiger partial charge in [-0.1, -0.05) is 11.6 Å². The fourth-order valence-electron chi connectivity index (χ4n) is 2.66. The van der Waals surface area contributed by atoms with Gasteiger partial charge in [-0.25, -0.2) is 4.79 Å². The SMILES string of the molecule is CN1C(=O)Cc2cc(C(=O)COC(=O)c3ccc(Cl)cc3N)ccc21. The van der Waals surface area contributed by atoms with Crippen LogP contribution in [0.5, 0.6) is 0 Å². The molecule has 0 aliphatic carbocycles. The Morgan fingerprint density at radius 3 is 2.72 bits per heavy atom. The second-order valence-electron chi connectivity index (χ2n) is 5.70. The molecule has 0 unspecified atom stereocenters. The molecule has 2 aromatic rings. The topological polar surface area (TPSA) is 89.7 Å². The summed E-state index contributed by atoms with van der Waals surface area (Å²) in [6.07, 6.45) is 0.258. The van der Waals surface area contributed by atoms with Gasteiger partial charge in [-0.15, -0.1) is 0 Å². The maximum atomic E-state index is 12.3. The molecular weight excluding hydrogens is 344 g/mol. The molecule has 0 radical (unpaired) electrons. The third kappa shape index (κ3) is 3.34. The molecule has 1 aliphatic rings. The maximum Gasteiger partial charge on any atom is 0.340 e. The van der Waals surface area contributed by atoms with Gasteiger partial charge < -0.3 is 15.4 Å². The van der Waals surface area contributed by atoms with Crippen molar-refractivity contribution in [3.8, 4) is 0 Å². The summed E-state index contributed by atoms with van der Waals surface area (Å²) in [4.78, 5) is 37.5. The highest BCUT2D eigenvalue weighted by atomic mass is 35.5. The number of amides is 1. The van der Waals surface area contributed by atoms with Crippen LogP contribution in [0.25, 0.3) is 0 Å². The summed E-state index contributed by atoms with van der Waals surface area (Å²) < 4.78 is 5.04. The summed E-state index contributed by atoms with van der Waals surface area (Å²) in [7, 11) is 1.69. The van der Waals surface area contributed by atoms with Gasteiger partial charge >= 0.3 is 5.97 Å². The van der Waals surface area contributed by atoms with Gasteiger partial charge in [0.25, 0.3) is 0 Å². The van der Waals surface area contributed by atoms with E-state index >= 15 is 0 Å². The number of carbonyl (C=O) groups is 3. The zero-order valence-corrected chi connectivity index (χ0v) is 14.2. The van der Waals surface area contributed by atoms with Crippen LogP contribution in [0.4, 0.5) is 11.4 Å². The minimum absolute atomic E-state index is 0.0239. The van der Waals surface area contributed by atoms with Crippen molar-refractivity contribution in [1.82, 2.24) is 0 Å². The summed E-state index contributed by atoms with van der Waals surface area (Å²) in [6, 6.07) is 9.39. The molecule has 1 heterocycles. The van der Waals surface area contributed by atoms with E-state index in [9.17, 15) is 14.4 Å². The molecule has 0 atom stereocenters. The quantitative estimate of drug-likeness (QED) is 0.515. The number of nitrogen functional groups attached to an aromatic ring is 1. The Balaban J connectivity index is 1.68. The lowest BCUT2D eigenvalue weighted by atomic mass is 10.1. The lowest BCUT2D eigenvalue weighted by Gasteiger charge is -2.10. The van der Waals surface area contributed by atoms with Gasteiger partial charge in [-0.3, -0.25) is 9.59 Å². The summed E-state index contributed by atoms with van der Waals surface area (Å²) in [5.41, 5.74) is 8.01. The van der Waals surface area contributed by atoms with E-state index in [0.29, 0.717) is 10.6 Å². The monoisotopic (exact) mass is 358 g/mol. The molecule has 1 aliphatic heterocycles. The number of ether oxygens (including phenoxy) is 1. The van der Waals surface area contributed by atoms with Crippen LogP contribution in [-0.4, -0.2) is 31.3 Å². The first kappa shape index (κ1) is 17.0. The molecule has 7 heteroatoms. The van der Waals surface area contributed by atoms with Crippen molar-refractivity contribution in [2.75, 3.05) is 24.3 Å². The molecule has 0 bridgehead atoms. The third-order valence-electron chi connectivity index (χ3n) is 4.05. The van der Waals surface area contributed by atoms with Crippen molar-refractivity contribution in [2.24, 2.45) is 0 Å². The first-order chi connectivity index (χ1) is 11.9. The number of benzene rings is 2. The number of rotatable bonds is 4. The summed E-state index contributed by atoms with van der Waals surface area (Å²) in [5.74, 6) is -1.08. The average molecular weight is 359 g/mol. The van der Waals surface area contributed by atoms with E-state index in [2.05, 4.69) is 0 Å². The number of halogens is 1. The molecule has 0 saturated heterocycles. The largest absolute Gasteiger partial charge is 0.454 e. The van der Waals surface area contributed by atoms with Gasteiger partial charge in [0.05, 0.1) is 12.0 Å². The first-order valence-electron chi connectivity index (χ1n) is 7.51. The van der Waals surface area contributed by atoms with Crippen LogP contribution in [-0.2, 0) is 16.0 Å². The third-order valence-corrected chi connectivity index (χ3v) is 4.28. The van der Waals surface area contributed by atoms with Crippen LogP contribution in [0, 0.1) is 0 Å². The van der Waals surface area contributed by atoms with E-state index < -0.39 is 12.6 Å². The molecule has 0 spiro atoms. The molecule has 25 heavy (non-hydrogen) atoms. The molecular formula is C18H15ClN2O4. The predicted molar refractivity (Wildman–Crippen MR) is 94.0 cm³/mol. The summed E-state index contributed by atoms with van der Waals surface area (Å²) in [6.45, 7) is -0.413. The number of Topliss-reactive ketones (excluding diaryl/α,β-unsaturated/α-hetero) is 1. The number of nitrogens with two attached hydrogens (primary N) is 1. The zero-order valence-electron chi connectivity index (χ0n) is 13.4. The highest BCUT2D eigenvalue weighted by Gasteiger charge is 2.25. The second-order valence-corrected chi connectivity index (χ2v) is 6.14. The number of anilines is 2. The molecule has 1 amide bonds. The molecule has 3 rings (SSSR count). The predicted octanol–water partition coefficient (Wildman–Crippen LogP) is 2.48. The van der Waals surface area contributed by atoms with Crippen LogP contribution in [0.3, 0.4) is 0 Å². The van der Waals surface area contributed by atoms with Crippen LogP contribution < -0.4 is 10.6 Å². The standard InChI is InChI=1S/C18H15ClN2O4/c1-21-15-5-2-10(6-11(15)7-17(21)23)16(22)9-25-18(24)13-4-3-12(19)8-14(13)20/h2-6,8H,7,9,20H2,1H3. The Kier molecular flexibility index (Phi) is 4.46. The Morgan fingerprint density at radius 2 is 2.00 bits per heavy atom. The maximum absolute atomic E-state index is 12.3. The van der Waals surface area contributed by atoms with Crippen molar-refractivity contribution < 1.29 is 19.1 Å². The molecule has 128 valence electrons. The Hall–Kier alpha value is -2.86. The van der Waals surface area contributed by atoms with Crippen LogP contribution in [0.15, 0.2) is 36.4 Å². The number of nitrogens with zero attached hydrogens (tertiary/aromatic N) is 1. The normalized spacial score (nSPS) is 12.9. The number of hydrogen-bond acceptors (Lipinski definition) is 5. The lowest BCUT2D eigenvalue weighted by Crippen LogP contribution is -2.20. The Morgan fingerprint density at radius 1 is 1.24 bits per heavy atom. The molecule has 0 aromatic heterocycles. The second kappa shape index (κ2) is 6.57. The highest BCUT2D eigenvalue weighted by molar-refractivity contribution is 6.31. The van der Waals surface area contributed by atoms with E-state index in [1.807, 2.05) is 0 Å². The summed E-state index contributed by atoms with van der Waals surface area (Å²) >= 11 is 5.78. The number of carbonyl (C=O) groups excluding carboxylic acids is 3. The molecule has 6 nitrogen and oxygen atoms in total. The highest BCUT2D eigenvalue weighted by Crippen LogP contribution is 2.28. The van der Waals surface area contributed by atoms with Gasteiger partial charge in [0.1, 0.15) is 0 Å². The lowest BCUT2D eigenvalue weighted by molar-refractivity contribution is -0.117. The fraction of sp³-hybridized carbons (Fsp3) is 0.167.